The van der Waals surface area contributed by atoms with Gasteiger partial charge in [-0.3, -0.25) is 0 Å². The Balaban J connectivity index is 2.05. The first-order valence-electron chi connectivity index (χ1n) is 6.53. The fourth-order valence-electron chi connectivity index (χ4n) is 2.09. The van der Waals surface area contributed by atoms with E-state index in [1.807, 2.05) is 0 Å². The molecule has 0 radical (unpaired) electrons. The van der Waals surface area contributed by atoms with E-state index in [2.05, 4.69) is 4.72 Å². The Hall–Kier alpha value is -0.630. The van der Waals surface area contributed by atoms with E-state index in [0.29, 0.717) is 11.8 Å². The molecule has 1 fully saturated rings. The second kappa shape index (κ2) is 6.89. The van der Waals surface area contributed by atoms with Gasteiger partial charge in [-0.1, -0.05) is 6.42 Å². The van der Waals surface area contributed by atoms with Crippen molar-refractivity contribution in [1.29, 1.82) is 0 Å². The van der Waals surface area contributed by atoms with E-state index in [9.17, 15) is 12.8 Å². The number of rotatable bonds is 5. The van der Waals surface area contributed by atoms with Crippen LogP contribution >= 0.6 is 11.8 Å². The molecule has 0 bridgehead atoms. The number of thioether (sulfide) groups is 1. The van der Waals surface area contributed by atoms with Crippen LogP contribution in [0.3, 0.4) is 0 Å². The fraction of sp³-hybridized carbons (Fsp3) is 0.538. The number of nitrogens with one attached hydrogen (secondary N) is 1. The number of hydrogen-bond donors (Lipinski definition) is 2. The van der Waals surface area contributed by atoms with Crippen molar-refractivity contribution < 1.29 is 17.9 Å². The van der Waals surface area contributed by atoms with Crippen molar-refractivity contribution in [2.24, 2.45) is 0 Å². The minimum absolute atomic E-state index is 0.0104. The van der Waals surface area contributed by atoms with Crippen LogP contribution in [0.2, 0.25) is 0 Å². The van der Waals surface area contributed by atoms with E-state index in [0.717, 1.165) is 24.7 Å². The highest BCUT2D eigenvalue weighted by molar-refractivity contribution is 8.00. The molecular formula is C13H18FNO3S2. The maximum absolute atomic E-state index is 13.3. The first-order valence-corrected chi connectivity index (χ1v) is 9.06. The van der Waals surface area contributed by atoms with Crippen LogP contribution in [0, 0.1) is 5.82 Å². The third-order valence-corrected chi connectivity index (χ3v) is 6.09. The minimum atomic E-state index is -3.65. The number of halogens is 1. The SMILES string of the molecule is O=S(=O)(NCC1CCCCS1)c1ccc(F)c(CO)c1. The van der Waals surface area contributed by atoms with E-state index in [1.54, 1.807) is 11.8 Å². The molecular weight excluding hydrogens is 301 g/mol. The van der Waals surface area contributed by atoms with E-state index in [4.69, 9.17) is 5.11 Å². The van der Waals surface area contributed by atoms with Gasteiger partial charge >= 0.3 is 0 Å². The zero-order valence-corrected chi connectivity index (χ0v) is 12.6. The van der Waals surface area contributed by atoms with E-state index in [-0.39, 0.29) is 10.5 Å². The van der Waals surface area contributed by atoms with E-state index < -0.39 is 22.4 Å². The fourth-order valence-corrected chi connectivity index (χ4v) is 4.57. The van der Waals surface area contributed by atoms with Gasteiger partial charge in [-0.05, 0) is 36.8 Å². The van der Waals surface area contributed by atoms with Crippen molar-refractivity contribution in [1.82, 2.24) is 4.72 Å². The van der Waals surface area contributed by atoms with Crippen LogP contribution in [0.25, 0.3) is 0 Å². The maximum atomic E-state index is 13.3. The Kier molecular flexibility index (Phi) is 5.42. The summed E-state index contributed by atoms with van der Waals surface area (Å²) in [5.74, 6) is 0.465. The van der Waals surface area contributed by atoms with Crippen molar-refractivity contribution in [2.45, 2.75) is 36.0 Å². The van der Waals surface area contributed by atoms with Gasteiger partial charge in [0.1, 0.15) is 5.82 Å². The molecule has 0 amide bonds. The van der Waals surface area contributed by atoms with Crippen molar-refractivity contribution in [2.75, 3.05) is 12.3 Å². The van der Waals surface area contributed by atoms with Crippen LogP contribution in [0.15, 0.2) is 23.1 Å². The highest BCUT2D eigenvalue weighted by atomic mass is 32.2. The Bertz CT molecular complexity index is 557. The van der Waals surface area contributed by atoms with Crippen LogP contribution in [-0.4, -0.2) is 31.1 Å². The number of benzene rings is 1. The molecule has 1 atom stereocenters. The molecule has 1 aliphatic rings. The molecule has 1 unspecified atom stereocenters. The molecule has 1 saturated heterocycles. The Morgan fingerprint density at radius 1 is 1.40 bits per heavy atom. The summed E-state index contributed by atoms with van der Waals surface area (Å²) in [6, 6.07) is 3.45. The molecule has 2 rings (SSSR count). The lowest BCUT2D eigenvalue weighted by Crippen LogP contribution is -2.32. The lowest BCUT2D eigenvalue weighted by Gasteiger charge is -2.21. The third-order valence-electron chi connectivity index (χ3n) is 3.27. The normalized spacial score (nSPS) is 20.0. The first-order chi connectivity index (χ1) is 9.53. The quantitative estimate of drug-likeness (QED) is 0.870. The lowest BCUT2D eigenvalue weighted by molar-refractivity contribution is 0.275. The summed E-state index contributed by atoms with van der Waals surface area (Å²) in [7, 11) is -3.65. The predicted molar refractivity (Wildman–Crippen MR) is 77.6 cm³/mol. The second-order valence-electron chi connectivity index (χ2n) is 4.75. The lowest BCUT2D eigenvalue weighted by atomic mass is 10.2. The van der Waals surface area contributed by atoms with Gasteiger partial charge in [0.15, 0.2) is 0 Å². The van der Waals surface area contributed by atoms with Gasteiger partial charge in [-0.15, -0.1) is 0 Å². The molecule has 7 heteroatoms. The largest absolute Gasteiger partial charge is 0.392 e. The molecule has 1 heterocycles. The monoisotopic (exact) mass is 319 g/mol. The summed E-state index contributed by atoms with van der Waals surface area (Å²) in [4.78, 5) is -0.0104. The average Bonchev–Trinajstić information content (AvgIpc) is 2.46. The zero-order valence-electron chi connectivity index (χ0n) is 11.0. The molecule has 0 aromatic heterocycles. The van der Waals surface area contributed by atoms with Crippen LogP contribution in [-0.2, 0) is 16.6 Å². The standard InChI is InChI=1S/C13H18FNO3S2/c14-13-5-4-12(7-10(13)9-16)20(17,18)15-8-11-3-1-2-6-19-11/h4-5,7,11,15-16H,1-3,6,8-9H2. The molecule has 20 heavy (non-hydrogen) atoms. The molecule has 2 N–H and O–H groups in total. The van der Waals surface area contributed by atoms with Crippen molar-refractivity contribution >= 4 is 21.8 Å². The molecule has 1 aliphatic heterocycles. The molecule has 4 nitrogen and oxygen atoms in total. The van der Waals surface area contributed by atoms with Gasteiger partial charge in [0.05, 0.1) is 11.5 Å². The smallest absolute Gasteiger partial charge is 0.240 e. The summed E-state index contributed by atoms with van der Waals surface area (Å²) >= 11 is 1.78. The predicted octanol–water partition coefficient (Wildman–Crippen LogP) is 1.88. The van der Waals surface area contributed by atoms with E-state index >= 15 is 0 Å². The van der Waals surface area contributed by atoms with Gasteiger partial charge in [-0.2, -0.15) is 11.8 Å². The number of hydrogen-bond acceptors (Lipinski definition) is 4. The number of aliphatic hydroxyl groups is 1. The van der Waals surface area contributed by atoms with Gasteiger partial charge in [0.25, 0.3) is 0 Å². The molecule has 112 valence electrons. The minimum Gasteiger partial charge on any atom is -0.392 e. The summed E-state index contributed by atoms with van der Waals surface area (Å²) in [6.07, 6.45) is 3.33. The maximum Gasteiger partial charge on any atom is 0.240 e. The highest BCUT2D eigenvalue weighted by Crippen LogP contribution is 2.25. The molecule has 1 aromatic carbocycles. The molecule has 0 spiro atoms. The Labute approximate surface area is 122 Å². The number of sulfonamides is 1. The molecule has 0 aliphatic carbocycles. The third kappa shape index (κ3) is 3.94. The summed E-state index contributed by atoms with van der Waals surface area (Å²) in [5.41, 5.74) is -0.0140. The van der Waals surface area contributed by atoms with Crippen LogP contribution < -0.4 is 4.72 Å². The van der Waals surface area contributed by atoms with Gasteiger partial charge in [-0.25, -0.2) is 17.5 Å². The summed E-state index contributed by atoms with van der Waals surface area (Å²) in [5, 5.41) is 9.29. The van der Waals surface area contributed by atoms with Gasteiger partial charge in [0, 0.05) is 17.4 Å². The first kappa shape index (κ1) is 15.8. The van der Waals surface area contributed by atoms with Crippen LogP contribution in [0.4, 0.5) is 4.39 Å². The summed E-state index contributed by atoms with van der Waals surface area (Å²) < 4.78 is 40.1. The van der Waals surface area contributed by atoms with Crippen molar-refractivity contribution in [3.8, 4) is 0 Å². The van der Waals surface area contributed by atoms with Gasteiger partial charge < -0.3 is 5.11 Å². The zero-order chi connectivity index (χ0) is 14.6. The summed E-state index contributed by atoms with van der Waals surface area (Å²) in [6.45, 7) is -0.132. The topological polar surface area (TPSA) is 66.4 Å². The van der Waals surface area contributed by atoms with Crippen LogP contribution in [0.1, 0.15) is 24.8 Å². The van der Waals surface area contributed by atoms with Crippen molar-refractivity contribution in [3.63, 3.8) is 0 Å². The van der Waals surface area contributed by atoms with E-state index in [1.165, 1.54) is 18.6 Å². The highest BCUT2D eigenvalue weighted by Gasteiger charge is 2.20. The molecule has 0 saturated carbocycles. The van der Waals surface area contributed by atoms with Gasteiger partial charge in [0.2, 0.25) is 10.0 Å². The second-order valence-corrected chi connectivity index (χ2v) is 7.93. The number of aliphatic hydroxyl groups excluding tert-OH is 1. The average molecular weight is 319 g/mol. The van der Waals surface area contributed by atoms with Crippen molar-refractivity contribution in [3.05, 3.63) is 29.6 Å². The molecule has 1 aromatic rings. The Morgan fingerprint density at radius 2 is 2.20 bits per heavy atom. The Morgan fingerprint density at radius 3 is 2.85 bits per heavy atom. The van der Waals surface area contributed by atoms with Crippen LogP contribution in [0.5, 0.6) is 0 Å².